The molecule has 4 rings (SSSR count). The Bertz CT molecular complexity index is 1690. The lowest BCUT2D eigenvalue weighted by atomic mass is 9.64. The molecule has 0 bridgehead atoms. The van der Waals surface area contributed by atoms with Crippen molar-refractivity contribution in [2.45, 2.75) is 62.1 Å². The third kappa shape index (κ3) is 20.5. The maximum absolute atomic E-state index is 12.3. The van der Waals surface area contributed by atoms with Gasteiger partial charge in [-0.15, -0.1) is 0 Å². The van der Waals surface area contributed by atoms with E-state index in [1.807, 2.05) is 24.3 Å². The topological polar surface area (TPSA) is 198 Å². The minimum atomic E-state index is -2.95. The second-order valence-corrected chi connectivity index (χ2v) is 18.4. The van der Waals surface area contributed by atoms with Crippen molar-refractivity contribution in [1.82, 2.24) is 16.0 Å². The molecule has 61 heavy (non-hydrogen) atoms. The highest BCUT2D eigenvalue weighted by Crippen LogP contribution is 2.44. The number of fused-ring (bicyclic) bond motifs is 3. The summed E-state index contributed by atoms with van der Waals surface area (Å²) in [5, 5.41) is 8.00. The third-order valence-corrected chi connectivity index (χ3v) is 12.9. The lowest BCUT2D eigenvalue weighted by Gasteiger charge is -2.22. The molecule has 3 atom stereocenters. The van der Waals surface area contributed by atoms with Gasteiger partial charge in [-0.25, -0.2) is 14.4 Å². The summed E-state index contributed by atoms with van der Waals surface area (Å²) in [7, 11) is 0.917. The number of unbranched alkanes of at least 4 members (excludes halogenated alkanes) is 1. The van der Waals surface area contributed by atoms with Crippen LogP contribution in [0.25, 0.3) is 11.1 Å². The molecular weight excluding hydrogens is 848 g/mol. The number of amides is 3. The molecule has 0 aromatic heterocycles. The number of carbonyl (C=O) groups is 3. The summed E-state index contributed by atoms with van der Waals surface area (Å²) in [5.41, 5.74) is 4.69. The number of carbonyl (C=O) groups excluding carboxylic acids is 3. The van der Waals surface area contributed by atoms with Crippen LogP contribution in [0.1, 0.15) is 56.6 Å². The second kappa shape index (κ2) is 29.0. The number of hydrogen-bond acceptors (Lipinski definition) is 14. The third-order valence-electron chi connectivity index (χ3n) is 9.41. The van der Waals surface area contributed by atoms with Crippen molar-refractivity contribution in [2.75, 3.05) is 91.6 Å². The summed E-state index contributed by atoms with van der Waals surface area (Å²) in [4.78, 5) is 45.0. The molecule has 2 aliphatic rings. The molecule has 1 aliphatic carbocycles. The highest BCUT2D eigenvalue weighted by atomic mass is 33.1. The summed E-state index contributed by atoms with van der Waals surface area (Å²) < 4.78 is 53.5. The molecule has 1 aliphatic heterocycles. The predicted octanol–water partition coefficient (Wildman–Crippen LogP) is 5.69. The summed E-state index contributed by atoms with van der Waals surface area (Å²) in [6.45, 7) is 8.27. The quantitative estimate of drug-likeness (QED) is 0.0154. The first-order valence-electron chi connectivity index (χ1n) is 20.5. The second-order valence-electron chi connectivity index (χ2n) is 14.7. The van der Waals surface area contributed by atoms with E-state index in [0.717, 1.165) is 17.5 Å². The van der Waals surface area contributed by atoms with Crippen LogP contribution in [0.15, 0.2) is 48.5 Å². The van der Waals surface area contributed by atoms with E-state index < -0.39 is 26.5 Å². The van der Waals surface area contributed by atoms with E-state index in [1.54, 1.807) is 21.6 Å². The van der Waals surface area contributed by atoms with Crippen molar-refractivity contribution in [1.29, 1.82) is 0 Å². The Morgan fingerprint density at radius 3 is 2.13 bits per heavy atom. The van der Waals surface area contributed by atoms with Crippen LogP contribution in [0.3, 0.4) is 0 Å². The Kier molecular flexibility index (Phi) is 23.9. The number of rotatable bonds is 28. The SMILES string of the molecule is CC(C)(CCOC(=O)NCCOCCOCCNC(=O)OCC1c2ccccc2-c2ccccc21)SSCOCCCCOC(=O)NCC#CB[C@@H]1CO[C@H](CO[PH](=O)O)C1. The van der Waals surface area contributed by atoms with Gasteiger partial charge < -0.3 is 58.5 Å². The Labute approximate surface area is 367 Å². The van der Waals surface area contributed by atoms with Gasteiger partial charge in [0.25, 0.3) is 0 Å². The Balaban J connectivity index is 0.866. The summed E-state index contributed by atoms with van der Waals surface area (Å²) in [6.07, 6.45) is 1.11. The fourth-order valence-electron chi connectivity index (χ4n) is 6.30. The van der Waals surface area contributed by atoms with Crippen LogP contribution >= 0.6 is 29.8 Å². The van der Waals surface area contributed by atoms with E-state index in [2.05, 4.69) is 65.8 Å². The minimum Gasteiger partial charge on any atom is -0.450 e. The minimum absolute atomic E-state index is 0.00958. The van der Waals surface area contributed by atoms with E-state index in [1.165, 1.54) is 11.1 Å². The Morgan fingerprint density at radius 1 is 0.820 bits per heavy atom. The first kappa shape index (κ1) is 50.2. The van der Waals surface area contributed by atoms with Gasteiger partial charge in [0, 0.05) is 37.0 Å². The Morgan fingerprint density at radius 2 is 1.44 bits per heavy atom. The standard InChI is InChI=1S/C41H59BN3O13PS2/c1-41(2,61-60-30-53-19-7-8-20-54-38(46)43-16-9-15-42-31-26-32(56-27-31)28-58-59(49)50)14-21-55-39(47)44-17-22-51-24-25-52-23-18-45-40(48)57-29-37-35-12-5-3-10-33(35)34-11-4-6-13-36(34)37/h3-6,10-13,31-32,37,42,59H,7-8,14,16-30H2,1-2H3,(H,43,46)(H,44,47)(H,45,48)(H,49,50)/t31-,32-/m0/s1. The van der Waals surface area contributed by atoms with Crippen molar-refractivity contribution in [3.8, 4) is 22.9 Å². The van der Waals surface area contributed by atoms with Gasteiger partial charge in [0.2, 0.25) is 7.28 Å². The average molecular weight is 908 g/mol. The molecule has 0 spiro atoms. The smallest absolute Gasteiger partial charge is 0.407 e. The van der Waals surface area contributed by atoms with Crippen LogP contribution in [0.2, 0.25) is 5.82 Å². The van der Waals surface area contributed by atoms with Crippen molar-refractivity contribution in [3.63, 3.8) is 0 Å². The fraction of sp³-hybridized carbons (Fsp3) is 0.585. The van der Waals surface area contributed by atoms with Crippen LogP contribution in [0.4, 0.5) is 14.4 Å². The molecule has 4 N–H and O–H groups in total. The predicted molar refractivity (Wildman–Crippen MR) is 238 cm³/mol. The highest BCUT2D eigenvalue weighted by molar-refractivity contribution is 8.77. The maximum atomic E-state index is 12.3. The number of ether oxygens (including phenoxy) is 7. The molecule has 0 radical (unpaired) electrons. The lowest BCUT2D eigenvalue weighted by Crippen LogP contribution is -2.30. The molecule has 1 unspecified atom stereocenters. The molecule has 20 heteroatoms. The van der Waals surface area contributed by atoms with Crippen LogP contribution in [0, 0.1) is 11.7 Å². The van der Waals surface area contributed by atoms with E-state index in [4.69, 9.17) is 42.6 Å². The highest BCUT2D eigenvalue weighted by Gasteiger charge is 2.29. The molecule has 336 valence electrons. The van der Waals surface area contributed by atoms with Crippen LogP contribution in [0.5, 0.6) is 0 Å². The Hall–Kier alpha value is -3.44. The van der Waals surface area contributed by atoms with Gasteiger partial charge >= 0.3 is 26.5 Å². The lowest BCUT2D eigenvalue weighted by molar-refractivity contribution is 0.0487. The number of alkyl carbamates (subject to hydrolysis) is 3. The number of nitrogens with one attached hydrogen (secondary N) is 3. The zero-order valence-electron chi connectivity index (χ0n) is 34.9. The molecule has 3 amide bonds. The zero-order chi connectivity index (χ0) is 43.5. The van der Waals surface area contributed by atoms with Crippen LogP contribution in [-0.4, -0.2) is 133 Å². The number of hydrogen-bond donors (Lipinski definition) is 4. The van der Waals surface area contributed by atoms with E-state index in [9.17, 15) is 18.9 Å². The number of benzene rings is 2. The van der Waals surface area contributed by atoms with Crippen LogP contribution < -0.4 is 16.0 Å². The van der Waals surface area contributed by atoms with Gasteiger partial charge in [0.1, 0.15) is 12.5 Å². The normalized spacial score (nSPS) is 16.0. The van der Waals surface area contributed by atoms with E-state index >= 15 is 0 Å². The van der Waals surface area contributed by atoms with Crippen molar-refractivity contribution < 1.29 is 61.5 Å². The molecule has 1 fully saturated rings. The summed E-state index contributed by atoms with van der Waals surface area (Å²) >= 11 is 0. The van der Waals surface area contributed by atoms with Gasteiger partial charge in [-0.1, -0.05) is 76.0 Å². The first-order valence-corrected chi connectivity index (χ1v) is 24.1. The molecular formula is C41H59BN3O13PS2. The zero-order valence-corrected chi connectivity index (χ0v) is 37.6. The van der Waals surface area contributed by atoms with Gasteiger partial charge in [-0.3, -0.25) is 4.57 Å². The largest absolute Gasteiger partial charge is 0.450 e. The first-order chi connectivity index (χ1) is 29.6. The van der Waals surface area contributed by atoms with E-state index in [-0.39, 0.29) is 55.6 Å². The van der Waals surface area contributed by atoms with Gasteiger partial charge in [0.05, 0.1) is 58.9 Å². The summed E-state index contributed by atoms with van der Waals surface area (Å²) in [6, 6.07) is 16.4. The molecule has 2 aromatic rings. The van der Waals surface area contributed by atoms with Crippen molar-refractivity contribution in [2.24, 2.45) is 0 Å². The van der Waals surface area contributed by atoms with Gasteiger partial charge in [-0.05, 0) is 67.6 Å². The molecule has 2 aromatic carbocycles. The fourth-order valence-corrected chi connectivity index (χ4v) is 8.90. The summed E-state index contributed by atoms with van der Waals surface area (Å²) in [5.74, 6) is 6.65. The maximum Gasteiger partial charge on any atom is 0.407 e. The molecule has 16 nitrogen and oxygen atoms in total. The average Bonchev–Trinajstić information content (AvgIpc) is 3.84. The van der Waals surface area contributed by atoms with Gasteiger partial charge in [0.15, 0.2) is 0 Å². The molecule has 1 heterocycles. The van der Waals surface area contributed by atoms with Crippen LogP contribution in [-0.2, 0) is 42.2 Å². The molecule has 0 saturated carbocycles. The van der Waals surface area contributed by atoms with Crippen molar-refractivity contribution >= 4 is 55.4 Å². The monoisotopic (exact) mass is 907 g/mol. The van der Waals surface area contributed by atoms with E-state index in [0.29, 0.717) is 85.2 Å². The van der Waals surface area contributed by atoms with Gasteiger partial charge in [-0.2, -0.15) is 5.82 Å². The molecule has 1 saturated heterocycles. The van der Waals surface area contributed by atoms with Crippen molar-refractivity contribution in [3.05, 3.63) is 59.7 Å².